The lowest BCUT2D eigenvalue weighted by atomic mass is 10.2. The van der Waals surface area contributed by atoms with Crippen molar-refractivity contribution in [2.24, 2.45) is 0 Å². The van der Waals surface area contributed by atoms with Crippen LogP contribution in [0.1, 0.15) is 18.5 Å². The SMILES string of the molecule is CN(Cc1cscn1)C(=O)[C@H]1CCCN1. The smallest absolute Gasteiger partial charge is 0.239 e. The van der Waals surface area contributed by atoms with E-state index < -0.39 is 0 Å². The number of nitrogens with zero attached hydrogens (tertiary/aromatic N) is 2. The van der Waals surface area contributed by atoms with Gasteiger partial charge in [0.2, 0.25) is 5.91 Å². The van der Waals surface area contributed by atoms with Crippen molar-refractivity contribution in [3.05, 3.63) is 16.6 Å². The van der Waals surface area contributed by atoms with Gasteiger partial charge in [-0.05, 0) is 19.4 Å². The Hall–Kier alpha value is -0.940. The first-order valence-electron chi connectivity index (χ1n) is 5.13. The summed E-state index contributed by atoms with van der Waals surface area (Å²) in [5.74, 6) is 0.181. The standard InChI is InChI=1S/C10H15N3OS/c1-13(5-8-6-15-7-12-8)10(14)9-3-2-4-11-9/h6-7,9,11H,2-5H2,1H3/t9-/m1/s1. The molecule has 15 heavy (non-hydrogen) atoms. The van der Waals surface area contributed by atoms with Crippen molar-refractivity contribution < 1.29 is 4.79 Å². The van der Waals surface area contributed by atoms with Gasteiger partial charge in [-0.1, -0.05) is 0 Å². The van der Waals surface area contributed by atoms with E-state index >= 15 is 0 Å². The molecule has 1 amide bonds. The van der Waals surface area contributed by atoms with Crippen molar-refractivity contribution in [3.63, 3.8) is 0 Å². The molecule has 1 saturated heterocycles. The molecule has 1 atom stereocenters. The number of hydrogen-bond acceptors (Lipinski definition) is 4. The number of amides is 1. The Morgan fingerprint density at radius 3 is 3.27 bits per heavy atom. The second kappa shape index (κ2) is 4.72. The summed E-state index contributed by atoms with van der Waals surface area (Å²) in [4.78, 5) is 17.8. The fourth-order valence-electron chi connectivity index (χ4n) is 1.80. The zero-order valence-electron chi connectivity index (χ0n) is 8.77. The second-order valence-electron chi connectivity index (χ2n) is 3.82. The monoisotopic (exact) mass is 225 g/mol. The third-order valence-electron chi connectivity index (χ3n) is 2.62. The highest BCUT2D eigenvalue weighted by molar-refractivity contribution is 7.07. The molecule has 0 spiro atoms. The van der Waals surface area contributed by atoms with E-state index in [2.05, 4.69) is 10.3 Å². The van der Waals surface area contributed by atoms with Gasteiger partial charge in [0.05, 0.1) is 23.8 Å². The van der Waals surface area contributed by atoms with Gasteiger partial charge in [0.15, 0.2) is 0 Å². The average molecular weight is 225 g/mol. The number of nitrogens with one attached hydrogen (secondary N) is 1. The van der Waals surface area contributed by atoms with Crippen molar-refractivity contribution in [2.45, 2.75) is 25.4 Å². The molecule has 0 bridgehead atoms. The Kier molecular flexibility index (Phi) is 3.33. The molecule has 0 unspecified atom stereocenters. The molecule has 2 rings (SSSR count). The van der Waals surface area contributed by atoms with Gasteiger partial charge < -0.3 is 10.2 Å². The topological polar surface area (TPSA) is 45.2 Å². The Morgan fingerprint density at radius 1 is 1.80 bits per heavy atom. The van der Waals surface area contributed by atoms with Crippen LogP contribution in [-0.2, 0) is 11.3 Å². The van der Waals surface area contributed by atoms with Crippen LogP contribution in [0.5, 0.6) is 0 Å². The quantitative estimate of drug-likeness (QED) is 0.829. The number of carbonyl (C=O) groups excluding carboxylic acids is 1. The third-order valence-corrected chi connectivity index (χ3v) is 3.25. The maximum atomic E-state index is 11.9. The number of likely N-dealkylation sites (N-methyl/N-ethyl adjacent to an activating group) is 1. The number of hydrogen-bond donors (Lipinski definition) is 1. The van der Waals surface area contributed by atoms with E-state index in [0.717, 1.165) is 25.1 Å². The Morgan fingerprint density at radius 2 is 2.67 bits per heavy atom. The van der Waals surface area contributed by atoms with Gasteiger partial charge in [-0.25, -0.2) is 4.98 Å². The number of thiazole rings is 1. The Labute approximate surface area is 93.3 Å². The first-order chi connectivity index (χ1) is 7.27. The number of rotatable bonds is 3. The molecule has 1 N–H and O–H groups in total. The molecule has 1 aliphatic rings. The van der Waals surface area contributed by atoms with E-state index in [0.29, 0.717) is 6.54 Å². The van der Waals surface area contributed by atoms with Gasteiger partial charge in [-0.2, -0.15) is 0 Å². The largest absolute Gasteiger partial charge is 0.338 e. The molecule has 0 radical (unpaired) electrons. The normalized spacial score (nSPS) is 20.5. The van der Waals surface area contributed by atoms with E-state index in [1.165, 1.54) is 0 Å². The van der Waals surface area contributed by atoms with E-state index in [1.54, 1.807) is 21.7 Å². The molecule has 0 aliphatic carbocycles. The molecule has 82 valence electrons. The maximum Gasteiger partial charge on any atom is 0.239 e. The predicted molar refractivity (Wildman–Crippen MR) is 59.6 cm³/mol. The summed E-state index contributed by atoms with van der Waals surface area (Å²) in [5, 5.41) is 5.19. The van der Waals surface area contributed by atoms with Crippen molar-refractivity contribution in [1.29, 1.82) is 0 Å². The minimum absolute atomic E-state index is 0.0219. The van der Waals surface area contributed by atoms with E-state index in [-0.39, 0.29) is 11.9 Å². The average Bonchev–Trinajstić information content (AvgIpc) is 2.88. The molecule has 1 fully saturated rings. The first-order valence-corrected chi connectivity index (χ1v) is 6.07. The van der Waals surface area contributed by atoms with Crippen LogP contribution in [0.4, 0.5) is 0 Å². The van der Waals surface area contributed by atoms with E-state index in [9.17, 15) is 4.79 Å². The lowest BCUT2D eigenvalue weighted by Gasteiger charge is -2.20. The lowest BCUT2D eigenvalue weighted by molar-refractivity contribution is -0.132. The van der Waals surface area contributed by atoms with E-state index in [1.807, 2.05) is 12.4 Å². The van der Waals surface area contributed by atoms with E-state index in [4.69, 9.17) is 0 Å². The summed E-state index contributed by atoms with van der Waals surface area (Å²) in [6, 6.07) is 0.0219. The van der Waals surface area contributed by atoms with Crippen LogP contribution in [0.25, 0.3) is 0 Å². The molecular formula is C10H15N3OS. The minimum Gasteiger partial charge on any atom is -0.338 e. The summed E-state index contributed by atoms with van der Waals surface area (Å²) >= 11 is 1.56. The molecular weight excluding hydrogens is 210 g/mol. The highest BCUT2D eigenvalue weighted by Gasteiger charge is 2.24. The number of aromatic nitrogens is 1. The maximum absolute atomic E-state index is 11.9. The van der Waals surface area contributed by atoms with Gasteiger partial charge in [-0.3, -0.25) is 4.79 Å². The van der Waals surface area contributed by atoms with Crippen LogP contribution in [0, 0.1) is 0 Å². The lowest BCUT2D eigenvalue weighted by Crippen LogP contribution is -2.41. The fourth-order valence-corrected chi connectivity index (χ4v) is 2.35. The van der Waals surface area contributed by atoms with Gasteiger partial charge in [-0.15, -0.1) is 11.3 Å². The third kappa shape index (κ3) is 2.54. The molecule has 0 aromatic carbocycles. The molecule has 1 aromatic heterocycles. The highest BCUT2D eigenvalue weighted by Crippen LogP contribution is 2.10. The van der Waals surface area contributed by atoms with Crippen LogP contribution >= 0.6 is 11.3 Å². The molecule has 1 aromatic rings. The molecule has 2 heterocycles. The molecule has 5 heteroatoms. The van der Waals surface area contributed by atoms with Crippen molar-refractivity contribution in [1.82, 2.24) is 15.2 Å². The minimum atomic E-state index is 0.0219. The predicted octanol–water partition coefficient (Wildman–Crippen LogP) is 0.853. The molecule has 0 saturated carbocycles. The Balaban J connectivity index is 1.89. The zero-order chi connectivity index (χ0) is 10.7. The van der Waals surface area contributed by atoms with Crippen LogP contribution in [0.15, 0.2) is 10.9 Å². The highest BCUT2D eigenvalue weighted by atomic mass is 32.1. The van der Waals surface area contributed by atoms with Crippen molar-refractivity contribution in [2.75, 3.05) is 13.6 Å². The van der Waals surface area contributed by atoms with Gasteiger partial charge >= 0.3 is 0 Å². The number of carbonyl (C=O) groups is 1. The summed E-state index contributed by atoms with van der Waals surface area (Å²) in [6.45, 7) is 1.57. The van der Waals surface area contributed by atoms with Crippen LogP contribution in [-0.4, -0.2) is 35.4 Å². The summed E-state index contributed by atoms with van der Waals surface area (Å²) in [7, 11) is 1.84. The van der Waals surface area contributed by atoms with Gasteiger partial charge in [0.25, 0.3) is 0 Å². The van der Waals surface area contributed by atoms with Crippen molar-refractivity contribution >= 4 is 17.2 Å². The van der Waals surface area contributed by atoms with Gasteiger partial charge in [0.1, 0.15) is 0 Å². The van der Waals surface area contributed by atoms with Crippen LogP contribution in [0.3, 0.4) is 0 Å². The van der Waals surface area contributed by atoms with Crippen molar-refractivity contribution in [3.8, 4) is 0 Å². The zero-order valence-corrected chi connectivity index (χ0v) is 9.59. The summed E-state index contributed by atoms with van der Waals surface area (Å²) < 4.78 is 0. The molecule has 1 aliphatic heterocycles. The summed E-state index contributed by atoms with van der Waals surface area (Å²) in [6.07, 6.45) is 2.06. The fraction of sp³-hybridized carbons (Fsp3) is 0.600. The first kappa shape index (κ1) is 10.6. The second-order valence-corrected chi connectivity index (χ2v) is 4.54. The molecule has 4 nitrogen and oxygen atoms in total. The van der Waals surface area contributed by atoms with Crippen LogP contribution in [0.2, 0.25) is 0 Å². The van der Waals surface area contributed by atoms with Gasteiger partial charge in [0, 0.05) is 12.4 Å². The van der Waals surface area contributed by atoms with Crippen LogP contribution < -0.4 is 5.32 Å². The Bertz CT molecular complexity index is 319. The summed E-state index contributed by atoms with van der Waals surface area (Å²) in [5.41, 5.74) is 2.76.